The summed E-state index contributed by atoms with van der Waals surface area (Å²) in [4.78, 5) is 13.2. The first-order valence-electron chi connectivity index (χ1n) is 11.2. The summed E-state index contributed by atoms with van der Waals surface area (Å²) >= 11 is 0. The number of pyridine rings is 1. The Morgan fingerprint density at radius 1 is 1.11 bits per heavy atom. The number of aromatic nitrogens is 4. The lowest BCUT2D eigenvalue weighted by Crippen LogP contribution is -2.48. The molecule has 1 fully saturated rings. The molecule has 0 atom stereocenters. The Bertz CT molecular complexity index is 1450. The number of carbonyl (C=O) groups excluding carboxylic acids is 1. The molecule has 3 aromatic heterocycles. The molecule has 0 saturated carbocycles. The van der Waals surface area contributed by atoms with Gasteiger partial charge >= 0.3 is 21.7 Å². The van der Waals surface area contributed by atoms with E-state index in [1.165, 1.54) is 17.1 Å². The van der Waals surface area contributed by atoms with Gasteiger partial charge in [0.15, 0.2) is 5.75 Å². The number of nitrogens with zero attached hydrogens (tertiary/aromatic N) is 6. The number of rotatable bonds is 3. The fraction of sp³-hybridized carbons (Fsp3) is 0.455. The molecule has 0 aliphatic carbocycles. The highest BCUT2D eigenvalue weighted by Crippen LogP contribution is 2.34. The second-order valence-corrected chi connectivity index (χ2v) is 10.7. The zero-order valence-corrected chi connectivity index (χ0v) is 21.8. The van der Waals surface area contributed by atoms with Gasteiger partial charge in [-0.3, -0.25) is 4.68 Å². The quantitative estimate of drug-likeness (QED) is 0.380. The molecular formula is C22H26F3N7O5S. The first-order valence-corrected chi connectivity index (χ1v) is 12.6. The van der Waals surface area contributed by atoms with Crippen molar-refractivity contribution in [2.75, 3.05) is 26.2 Å². The molecule has 0 radical (unpaired) electrons. The van der Waals surface area contributed by atoms with Crippen LogP contribution < -0.4 is 9.50 Å². The number of amides is 1. The number of hydrogen-bond donors (Lipinski definition) is 1. The zero-order chi connectivity index (χ0) is 28.3. The predicted molar refractivity (Wildman–Crippen MR) is 128 cm³/mol. The van der Waals surface area contributed by atoms with E-state index in [-0.39, 0.29) is 22.8 Å². The first-order chi connectivity index (χ1) is 17.6. The third kappa shape index (κ3) is 6.92. The van der Waals surface area contributed by atoms with Gasteiger partial charge in [-0.25, -0.2) is 9.31 Å². The molecule has 1 aliphatic heterocycles. The van der Waals surface area contributed by atoms with Crippen LogP contribution in [-0.2, 0) is 21.9 Å². The molecule has 3 aromatic rings. The summed E-state index contributed by atoms with van der Waals surface area (Å²) < 4.78 is 72.7. The van der Waals surface area contributed by atoms with Crippen molar-refractivity contribution in [3.8, 4) is 22.9 Å². The predicted octanol–water partition coefficient (Wildman–Crippen LogP) is 2.66. The number of nitriles is 1. The number of halogens is 3. The second-order valence-electron chi connectivity index (χ2n) is 9.16. The molecule has 0 unspecified atom stereocenters. The largest absolute Gasteiger partial charge is 0.534 e. The minimum absolute atomic E-state index is 0.134. The molecule has 12 nitrogen and oxygen atoms in total. The molecule has 1 saturated heterocycles. The van der Waals surface area contributed by atoms with Crippen LogP contribution in [0.25, 0.3) is 16.6 Å². The van der Waals surface area contributed by atoms with Gasteiger partial charge in [-0.05, 0) is 26.8 Å². The third-order valence-corrected chi connectivity index (χ3v) is 5.95. The third-order valence-electron chi connectivity index (χ3n) is 4.99. The van der Waals surface area contributed by atoms with Crippen LogP contribution in [0.3, 0.4) is 0 Å². The van der Waals surface area contributed by atoms with Crippen LogP contribution in [0.15, 0.2) is 30.9 Å². The summed E-state index contributed by atoms with van der Waals surface area (Å²) in [6.07, 6.45) is 5.31. The maximum Gasteiger partial charge on any atom is 0.534 e. The Balaban J connectivity index is 0.000000260. The van der Waals surface area contributed by atoms with Gasteiger partial charge in [-0.1, -0.05) is 0 Å². The molecule has 1 N–H and O–H groups in total. The van der Waals surface area contributed by atoms with Gasteiger partial charge in [-0.15, -0.1) is 0 Å². The number of fused-ring (bicyclic) bond motifs is 1. The number of hydrogen-bond acceptors (Lipinski definition) is 9. The molecule has 1 aliphatic rings. The van der Waals surface area contributed by atoms with Gasteiger partial charge in [-0.2, -0.15) is 37.0 Å². The summed E-state index contributed by atoms with van der Waals surface area (Å²) in [5, 5.41) is 20.0. The van der Waals surface area contributed by atoms with E-state index in [1.807, 2.05) is 20.8 Å². The summed E-state index contributed by atoms with van der Waals surface area (Å²) in [7, 11) is -4.28. The van der Waals surface area contributed by atoms with Gasteiger partial charge in [0.05, 0.1) is 12.4 Å². The van der Waals surface area contributed by atoms with E-state index in [2.05, 4.69) is 19.7 Å². The average Bonchev–Trinajstić information content (AvgIpc) is 3.44. The molecule has 0 aromatic carbocycles. The summed E-state index contributed by atoms with van der Waals surface area (Å²) in [6, 6.07) is 2.80. The van der Waals surface area contributed by atoms with Crippen molar-refractivity contribution < 1.29 is 35.3 Å². The lowest BCUT2D eigenvalue weighted by molar-refractivity contribution is -0.0499. The van der Waals surface area contributed by atoms with Crippen LogP contribution in [0.2, 0.25) is 0 Å². The van der Waals surface area contributed by atoms with Gasteiger partial charge in [0.25, 0.3) is 0 Å². The van der Waals surface area contributed by atoms with Crippen LogP contribution in [0.4, 0.5) is 18.0 Å². The van der Waals surface area contributed by atoms with Crippen molar-refractivity contribution in [1.82, 2.24) is 29.6 Å². The molecule has 0 spiro atoms. The van der Waals surface area contributed by atoms with Crippen molar-refractivity contribution in [3.63, 3.8) is 0 Å². The monoisotopic (exact) mass is 557 g/mol. The van der Waals surface area contributed by atoms with Crippen molar-refractivity contribution in [3.05, 3.63) is 36.4 Å². The van der Waals surface area contributed by atoms with Crippen LogP contribution >= 0.6 is 0 Å². The molecular weight excluding hydrogens is 531 g/mol. The van der Waals surface area contributed by atoms with E-state index < -0.39 is 21.4 Å². The maximum absolute atomic E-state index is 12.6. The van der Waals surface area contributed by atoms with Gasteiger partial charge in [0.2, 0.25) is 0 Å². The molecule has 206 valence electrons. The summed E-state index contributed by atoms with van der Waals surface area (Å²) in [5.74, 6) is -0.660. The van der Waals surface area contributed by atoms with Crippen molar-refractivity contribution in [1.29, 1.82) is 5.26 Å². The highest BCUT2D eigenvalue weighted by atomic mass is 32.2. The van der Waals surface area contributed by atoms with Crippen LogP contribution in [-0.4, -0.2) is 76.1 Å². The Hall–Kier alpha value is -3.84. The van der Waals surface area contributed by atoms with Crippen molar-refractivity contribution in [2.24, 2.45) is 7.05 Å². The van der Waals surface area contributed by atoms with Crippen LogP contribution in [0.5, 0.6) is 5.75 Å². The molecule has 1 amide bonds. The second kappa shape index (κ2) is 10.9. The topological polar surface area (TPSA) is 144 Å². The number of ether oxygens (including phenoxy) is 1. The summed E-state index contributed by atoms with van der Waals surface area (Å²) in [5.41, 5.74) is -5.52. The highest BCUT2D eigenvalue weighted by Gasteiger charge is 2.49. The molecule has 38 heavy (non-hydrogen) atoms. The minimum atomic E-state index is -5.91. The van der Waals surface area contributed by atoms with E-state index in [1.54, 1.807) is 24.2 Å². The number of alkyl halides is 3. The number of aryl methyl sites for hydroxylation is 1. The zero-order valence-electron chi connectivity index (χ0n) is 21.0. The SMILES string of the molecule is CC(C)(C)OC(=O)N1CCNCC1.Cn1cc(-c2cc(OS(=O)(=O)C(F)(F)F)c3c(C#N)cnn3c2)cn1. The number of nitrogens with one attached hydrogen (secondary N) is 1. The first kappa shape index (κ1) is 28.7. The Labute approximate surface area is 216 Å². The standard InChI is InChI=1S/C13H8F3N5O3S.C9H18N2O2/c1-20-6-10(5-18-20)8-2-11(24-25(22,23)13(14,15)16)12-9(3-17)4-19-21(12)7-8;1-9(2,3)13-8(12)11-6-4-10-5-7-11/h2,4-7H,1H3;10H,4-7H2,1-3H3. The van der Waals surface area contributed by atoms with Gasteiger partial charge in [0, 0.05) is 56.7 Å². The average molecular weight is 558 g/mol. The fourth-order valence-corrected chi connectivity index (χ4v) is 3.76. The van der Waals surface area contributed by atoms with Crippen molar-refractivity contribution >= 4 is 21.7 Å². The highest BCUT2D eigenvalue weighted by molar-refractivity contribution is 7.88. The summed E-state index contributed by atoms with van der Waals surface area (Å²) in [6.45, 7) is 8.86. The van der Waals surface area contributed by atoms with E-state index in [9.17, 15) is 26.4 Å². The Kier molecular flexibility index (Phi) is 8.22. The lowest BCUT2D eigenvalue weighted by atomic mass is 10.1. The number of carbonyl (C=O) groups is 1. The number of piperazine rings is 1. The van der Waals surface area contributed by atoms with E-state index >= 15 is 0 Å². The lowest BCUT2D eigenvalue weighted by Gasteiger charge is -2.30. The smallest absolute Gasteiger partial charge is 0.444 e. The van der Waals surface area contributed by atoms with E-state index in [0.29, 0.717) is 11.1 Å². The Morgan fingerprint density at radius 3 is 2.29 bits per heavy atom. The Morgan fingerprint density at radius 2 is 1.76 bits per heavy atom. The fourth-order valence-electron chi connectivity index (χ4n) is 3.30. The minimum Gasteiger partial charge on any atom is -0.444 e. The van der Waals surface area contributed by atoms with E-state index in [0.717, 1.165) is 43.0 Å². The van der Waals surface area contributed by atoms with Crippen LogP contribution in [0, 0.1) is 11.3 Å². The molecule has 4 heterocycles. The van der Waals surface area contributed by atoms with Gasteiger partial charge < -0.3 is 19.1 Å². The normalized spacial score (nSPS) is 14.4. The molecule has 0 bridgehead atoms. The van der Waals surface area contributed by atoms with Crippen LogP contribution in [0.1, 0.15) is 26.3 Å². The van der Waals surface area contributed by atoms with E-state index in [4.69, 9.17) is 10.00 Å². The maximum atomic E-state index is 12.6. The van der Waals surface area contributed by atoms with Crippen molar-refractivity contribution in [2.45, 2.75) is 31.9 Å². The molecule has 4 rings (SSSR count). The van der Waals surface area contributed by atoms with Gasteiger partial charge in [0.1, 0.15) is 22.8 Å². The molecule has 16 heteroatoms.